The highest BCUT2D eigenvalue weighted by Gasteiger charge is 2.23. The van der Waals surface area contributed by atoms with Crippen molar-refractivity contribution >= 4 is 21.4 Å². The van der Waals surface area contributed by atoms with E-state index < -0.39 is 10.0 Å². The van der Waals surface area contributed by atoms with Crippen molar-refractivity contribution in [2.24, 2.45) is 0 Å². The summed E-state index contributed by atoms with van der Waals surface area (Å²) >= 11 is 1.43. The predicted molar refractivity (Wildman–Crippen MR) is 77.0 cm³/mol. The lowest BCUT2D eigenvalue weighted by Gasteiger charge is -2.05. The first-order valence-electron chi connectivity index (χ1n) is 6.03. The molecule has 0 saturated heterocycles. The van der Waals surface area contributed by atoms with Crippen LogP contribution in [0.3, 0.4) is 0 Å². The number of hydrogen-bond donors (Lipinski definition) is 3. The first-order valence-corrected chi connectivity index (χ1v) is 8.39. The van der Waals surface area contributed by atoms with Crippen molar-refractivity contribution in [2.75, 3.05) is 7.05 Å². The monoisotopic (exact) mass is 315 g/mol. The van der Waals surface area contributed by atoms with E-state index in [1.807, 2.05) is 12.3 Å². The second kappa shape index (κ2) is 6.00. The van der Waals surface area contributed by atoms with E-state index in [9.17, 15) is 8.42 Å². The van der Waals surface area contributed by atoms with E-state index in [-0.39, 0.29) is 11.6 Å². The Balaban J connectivity index is 2.18. The van der Waals surface area contributed by atoms with Gasteiger partial charge < -0.3 is 5.32 Å². The molecule has 0 fully saturated rings. The van der Waals surface area contributed by atoms with Gasteiger partial charge in [0, 0.05) is 28.9 Å². The van der Waals surface area contributed by atoms with Crippen molar-refractivity contribution in [3.05, 3.63) is 27.3 Å². The third-order valence-electron chi connectivity index (χ3n) is 2.72. The molecule has 0 unspecified atom stereocenters. The number of nitrogens with one attached hydrogen (secondary N) is 3. The molecule has 20 heavy (non-hydrogen) atoms. The number of aromatic nitrogens is 3. The molecule has 2 aromatic heterocycles. The van der Waals surface area contributed by atoms with Crippen LogP contribution in [0.15, 0.2) is 10.4 Å². The molecule has 0 saturated carbocycles. The van der Waals surface area contributed by atoms with Gasteiger partial charge in [0.2, 0.25) is 0 Å². The summed E-state index contributed by atoms with van der Waals surface area (Å²) in [5.41, 5.74) is 2.27. The molecule has 0 aromatic carbocycles. The smallest absolute Gasteiger partial charge is 0.260 e. The summed E-state index contributed by atoms with van der Waals surface area (Å²) in [5, 5.41) is 12.2. The number of nitrogens with zero attached hydrogens (tertiary/aromatic N) is 2. The van der Waals surface area contributed by atoms with Crippen molar-refractivity contribution in [3.63, 3.8) is 0 Å². The highest BCUT2D eigenvalue weighted by Crippen LogP contribution is 2.16. The van der Waals surface area contributed by atoms with Crippen LogP contribution < -0.4 is 10.0 Å². The zero-order valence-electron chi connectivity index (χ0n) is 11.5. The zero-order chi connectivity index (χ0) is 14.8. The molecule has 7 nitrogen and oxygen atoms in total. The largest absolute Gasteiger partial charge is 0.316 e. The summed E-state index contributed by atoms with van der Waals surface area (Å²) < 4.78 is 27.1. The van der Waals surface area contributed by atoms with Crippen molar-refractivity contribution in [2.45, 2.75) is 32.0 Å². The standard InChI is InChI=1S/C11H17N5O2S2/c1-7-6-19-10(14-7)5-13-20(17,18)11-9(4-12-3)8(2)15-16-11/h6,12-13H,4-5H2,1-3H3,(H,15,16). The lowest BCUT2D eigenvalue weighted by molar-refractivity contribution is 0.574. The van der Waals surface area contributed by atoms with Gasteiger partial charge in [-0.05, 0) is 20.9 Å². The number of sulfonamides is 1. The van der Waals surface area contributed by atoms with Gasteiger partial charge in [-0.25, -0.2) is 18.1 Å². The average Bonchev–Trinajstić information content (AvgIpc) is 2.96. The van der Waals surface area contributed by atoms with Gasteiger partial charge in [0.05, 0.1) is 6.54 Å². The number of aromatic amines is 1. The van der Waals surface area contributed by atoms with Crippen molar-refractivity contribution in [3.8, 4) is 0 Å². The molecule has 0 bridgehead atoms. The highest BCUT2D eigenvalue weighted by atomic mass is 32.2. The first kappa shape index (κ1) is 15.1. The summed E-state index contributed by atoms with van der Waals surface area (Å²) in [6.45, 7) is 4.28. The normalized spacial score (nSPS) is 11.9. The molecule has 9 heteroatoms. The Labute approximate surface area is 121 Å². The van der Waals surface area contributed by atoms with E-state index in [0.29, 0.717) is 12.1 Å². The Morgan fingerprint density at radius 3 is 2.70 bits per heavy atom. The molecular formula is C11H17N5O2S2. The minimum absolute atomic E-state index is 0.0395. The number of hydrogen-bond acceptors (Lipinski definition) is 6. The fourth-order valence-electron chi connectivity index (χ4n) is 1.75. The lowest BCUT2D eigenvalue weighted by Crippen LogP contribution is -2.25. The number of rotatable bonds is 6. The van der Waals surface area contributed by atoms with E-state index in [4.69, 9.17) is 0 Å². The van der Waals surface area contributed by atoms with Crippen LogP contribution in [0.4, 0.5) is 0 Å². The molecule has 2 heterocycles. The van der Waals surface area contributed by atoms with Gasteiger partial charge in [0.25, 0.3) is 10.0 Å². The maximum absolute atomic E-state index is 12.3. The molecule has 0 atom stereocenters. The molecular weight excluding hydrogens is 298 g/mol. The van der Waals surface area contributed by atoms with Gasteiger partial charge in [0.15, 0.2) is 5.03 Å². The zero-order valence-corrected chi connectivity index (χ0v) is 13.2. The molecule has 0 aliphatic carbocycles. The molecule has 3 N–H and O–H groups in total. The summed E-state index contributed by atoms with van der Waals surface area (Å²) in [6, 6.07) is 0. The summed E-state index contributed by atoms with van der Waals surface area (Å²) in [7, 11) is -1.89. The minimum Gasteiger partial charge on any atom is -0.316 e. The topological polar surface area (TPSA) is 99.8 Å². The Morgan fingerprint density at radius 1 is 1.35 bits per heavy atom. The summed E-state index contributed by atoms with van der Waals surface area (Å²) in [4.78, 5) is 4.22. The molecule has 2 rings (SSSR count). The molecule has 0 amide bonds. The van der Waals surface area contributed by atoms with Crippen LogP contribution in [-0.4, -0.2) is 30.6 Å². The van der Waals surface area contributed by atoms with E-state index in [2.05, 4.69) is 25.2 Å². The summed E-state index contributed by atoms with van der Waals surface area (Å²) in [6.07, 6.45) is 0. The Bertz CT molecular complexity index is 689. The molecule has 0 aliphatic rings. The second-order valence-electron chi connectivity index (χ2n) is 4.37. The van der Waals surface area contributed by atoms with Crippen LogP contribution in [0.25, 0.3) is 0 Å². The van der Waals surface area contributed by atoms with Crippen LogP contribution in [0.2, 0.25) is 0 Å². The van der Waals surface area contributed by atoms with Gasteiger partial charge in [-0.1, -0.05) is 0 Å². The van der Waals surface area contributed by atoms with Crippen molar-refractivity contribution in [1.82, 2.24) is 25.2 Å². The number of thiazole rings is 1. The number of H-pyrrole nitrogens is 1. The minimum atomic E-state index is -3.65. The van der Waals surface area contributed by atoms with Crippen LogP contribution in [0.1, 0.15) is 22.0 Å². The Hall–Kier alpha value is -1.29. The molecule has 0 aliphatic heterocycles. The third-order valence-corrected chi connectivity index (χ3v) is 5.06. The SMILES string of the molecule is CNCc1c(S(=O)(=O)NCc2nc(C)cs2)n[nH]c1C. The Kier molecular flexibility index (Phi) is 4.53. The van der Waals surface area contributed by atoms with Gasteiger partial charge in [-0.3, -0.25) is 5.10 Å². The quantitative estimate of drug-likeness (QED) is 0.728. The first-order chi connectivity index (χ1) is 9.44. The molecule has 110 valence electrons. The van der Waals surface area contributed by atoms with Crippen LogP contribution in [-0.2, 0) is 23.1 Å². The van der Waals surface area contributed by atoms with Crippen LogP contribution in [0.5, 0.6) is 0 Å². The summed E-state index contributed by atoms with van der Waals surface area (Å²) in [5.74, 6) is 0. The second-order valence-corrected chi connectivity index (χ2v) is 6.99. The fourth-order valence-corrected chi connectivity index (χ4v) is 3.73. The van der Waals surface area contributed by atoms with Crippen LogP contribution in [0, 0.1) is 13.8 Å². The highest BCUT2D eigenvalue weighted by molar-refractivity contribution is 7.89. The van der Waals surface area contributed by atoms with Crippen molar-refractivity contribution < 1.29 is 8.42 Å². The van der Waals surface area contributed by atoms with E-state index in [1.54, 1.807) is 14.0 Å². The maximum atomic E-state index is 12.3. The Morgan fingerprint density at radius 2 is 2.10 bits per heavy atom. The average molecular weight is 315 g/mol. The molecule has 0 radical (unpaired) electrons. The van der Waals surface area contributed by atoms with Crippen LogP contribution >= 0.6 is 11.3 Å². The van der Waals surface area contributed by atoms with Crippen molar-refractivity contribution in [1.29, 1.82) is 0 Å². The number of aryl methyl sites for hydroxylation is 2. The van der Waals surface area contributed by atoms with Gasteiger partial charge >= 0.3 is 0 Å². The van der Waals surface area contributed by atoms with Gasteiger partial charge in [0.1, 0.15) is 5.01 Å². The van der Waals surface area contributed by atoms with E-state index in [1.165, 1.54) is 11.3 Å². The molecule has 2 aromatic rings. The van der Waals surface area contributed by atoms with Gasteiger partial charge in [-0.2, -0.15) is 5.10 Å². The van der Waals surface area contributed by atoms with E-state index in [0.717, 1.165) is 16.4 Å². The fraction of sp³-hybridized carbons (Fsp3) is 0.455. The third kappa shape index (κ3) is 3.23. The van der Waals surface area contributed by atoms with E-state index >= 15 is 0 Å². The molecule has 0 spiro atoms. The lowest BCUT2D eigenvalue weighted by atomic mass is 10.3. The van der Waals surface area contributed by atoms with Gasteiger partial charge in [-0.15, -0.1) is 11.3 Å². The predicted octanol–water partition coefficient (Wildman–Crippen LogP) is 0.681. The maximum Gasteiger partial charge on any atom is 0.260 e.